The summed E-state index contributed by atoms with van der Waals surface area (Å²) in [5.41, 5.74) is 0. The van der Waals surface area contributed by atoms with Crippen LogP contribution >= 0.6 is 0 Å². The number of ether oxygens (including phenoxy) is 1. The molecular formula is C12H24N2O2. The summed E-state index contributed by atoms with van der Waals surface area (Å²) in [6.07, 6.45) is 2.05. The lowest BCUT2D eigenvalue weighted by molar-refractivity contribution is -0.146. The summed E-state index contributed by atoms with van der Waals surface area (Å²) in [6.45, 7) is 5.11. The number of rotatable bonds is 5. The topological polar surface area (TPSA) is 32.8 Å². The summed E-state index contributed by atoms with van der Waals surface area (Å²) in [5.74, 6) is -0.0680. The second kappa shape index (κ2) is 6.21. The van der Waals surface area contributed by atoms with E-state index in [1.807, 2.05) is 6.92 Å². The Bertz CT molecular complexity index is 233. The fourth-order valence-corrected chi connectivity index (χ4v) is 2.31. The zero-order chi connectivity index (χ0) is 12.1. The molecule has 2 unspecified atom stereocenters. The van der Waals surface area contributed by atoms with Crippen molar-refractivity contribution < 1.29 is 9.53 Å². The summed E-state index contributed by atoms with van der Waals surface area (Å²) >= 11 is 0. The van der Waals surface area contributed by atoms with E-state index in [2.05, 4.69) is 23.9 Å². The minimum Gasteiger partial charge on any atom is -0.469 e. The maximum Gasteiger partial charge on any atom is 0.309 e. The van der Waals surface area contributed by atoms with Crippen molar-refractivity contribution in [3.63, 3.8) is 0 Å². The molecule has 0 N–H and O–H groups in total. The molecule has 1 saturated heterocycles. The monoisotopic (exact) mass is 228 g/mol. The first-order valence-corrected chi connectivity index (χ1v) is 6.05. The number of likely N-dealkylation sites (tertiary alicyclic amines) is 1. The third-order valence-electron chi connectivity index (χ3n) is 3.53. The van der Waals surface area contributed by atoms with Crippen LogP contribution < -0.4 is 0 Å². The van der Waals surface area contributed by atoms with Crippen LogP contribution in [0.3, 0.4) is 0 Å². The van der Waals surface area contributed by atoms with Crippen LogP contribution in [0.1, 0.15) is 19.8 Å². The molecule has 1 aliphatic heterocycles. The second-order valence-corrected chi connectivity index (χ2v) is 4.77. The number of esters is 1. The maximum absolute atomic E-state index is 11.5. The number of nitrogens with zero attached hydrogens (tertiary/aromatic N) is 2. The molecule has 0 aromatic heterocycles. The third kappa shape index (κ3) is 3.46. The van der Waals surface area contributed by atoms with Crippen molar-refractivity contribution in [1.82, 2.24) is 9.80 Å². The van der Waals surface area contributed by atoms with Crippen LogP contribution in [0, 0.1) is 5.92 Å². The van der Waals surface area contributed by atoms with Gasteiger partial charge in [-0.25, -0.2) is 0 Å². The van der Waals surface area contributed by atoms with E-state index in [1.54, 1.807) is 0 Å². The average molecular weight is 228 g/mol. The van der Waals surface area contributed by atoms with Gasteiger partial charge in [-0.15, -0.1) is 0 Å². The highest BCUT2D eigenvalue weighted by atomic mass is 16.5. The SMILES string of the molecule is CCC(CN(C)C1CCN(C)C1)C(=O)OC. The smallest absolute Gasteiger partial charge is 0.309 e. The summed E-state index contributed by atoms with van der Waals surface area (Å²) in [6, 6.07) is 0.587. The fraction of sp³-hybridized carbons (Fsp3) is 0.917. The van der Waals surface area contributed by atoms with Gasteiger partial charge in [-0.3, -0.25) is 4.79 Å². The molecule has 16 heavy (non-hydrogen) atoms. The summed E-state index contributed by atoms with van der Waals surface area (Å²) in [5, 5.41) is 0. The highest BCUT2D eigenvalue weighted by molar-refractivity contribution is 5.72. The highest BCUT2D eigenvalue weighted by Crippen LogP contribution is 2.15. The lowest BCUT2D eigenvalue weighted by Crippen LogP contribution is -2.39. The molecule has 0 saturated carbocycles. The highest BCUT2D eigenvalue weighted by Gasteiger charge is 2.27. The molecule has 0 spiro atoms. The molecule has 1 fully saturated rings. The van der Waals surface area contributed by atoms with Crippen molar-refractivity contribution in [2.45, 2.75) is 25.8 Å². The molecule has 1 heterocycles. The molecule has 4 heteroatoms. The van der Waals surface area contributed by atoms with Gasteiger partial charge in [0.25, 0.3) is 0 Å². The van der Waals surface area contributed by atoms with E-state index in [1.165, 1.54) is 13.5 Å². The Hall–Kier alpha value is -0.610. The Balaban J connectivity index is 2.42. The molecule has 1 rings (SSSR count). The van der Waals surface area contributed by atoms with Crippen LogP contribution in [0.15, 0.2) is 0 Å². The van der Waals surface area contributed by atoms with Gasteiger partial charge in [-0.2, -0.15) is 0 Å². The van der Waals surface area contributed by atoms with E-state index in [-0.39, 0.29) is 11.9 Å². The molecule has 94 valence electrons. The molecular weight excluding hydrogens is 204 g/mol. The van der Waals surface area contributed by atoms with Gasteiger partial charge in [-0.1, -0.05) is 6.92 Å². The van der Waals surface area contributed by atoms with Gasteiger partial charge in [0.05, 0.1) is 13.0 Å². The largest absolute Gasteiger partial charge is 0.469 e. The van der Waals surface area contributed by atoms with Crippen LogP contribution in [0.5, 0.6) is 0 Å². The number of methoxy groups -OCH3 is 1. The minimum atomic E-state index is -0.0827. The van der Waals surface area contributed by atoms with Crippen molar-refractivity contribution >= 4 is 5.97 Å². The van der Waals surface area contributed by atoms with Crippen LogP contribution in [0.2, 0.25) is 0 Å². The van der Waals surface area contributed by atoms with Crippen molar-refractivity contribution in [2.75, 3.05) is 40.8 Å². The number of hydrogen-bond donors (Lipinski definition) is 0. The van der Waals surface area contributed by atoms with E-state index in [9.17, 15) is 4.79 Å². The van der Waals surface area contributed by atoms with Crippen LogP contribution in [-0.4, -0.2) is 62.7 Å². The minimum absolute atomic E-state index is 0.0147. The van der Waals surface area contributed by atoms with Crippen LogP contribution in [0.4, 0.5) is 0 Å². The number of hydrogen-bond acceptors (Lipinski definition) is 4. The average Bonchev–Trinajstić information content (AvgIpc) is 2.71. The Kier molecular flexibility index (Phi) is 5.22. The Morgan fingerprint density at radius 2 is 2.31 bits per heavy atom. The molecule has 0 aliphatic carbocycles. The Morgan fingerprint density at radius 1 is 1.62 bits per heavy atom. The van der Waals surface area contributed by atoms with Crippen LogP contribution in [-0.2, 0) is 9.53 Å². The van der Waals surface area contributed by atoms with Gasteiger partial charge >= 0.3 is 5.97 Å². The standard InChI is InChI=1S/C12H24N2O2/c1-5-10(12(15)16-4)8-14(3)11-6-7-13(2)9-11/h10-11H,5-9H2,1-4H3. The van der Waals surface area contributed by atoms with Crippen molar-refractivity contribution in [3.05, 3.63) is 0 Å². The first-order chi connectivity index (χ1) is 7.58. The van der Waals surface area contributed by atoms with Crippen molar-refractivity contribution in [3.8, 4) is 0 Å². The zero-order valence-electron chi connectivity index (χ0n) is 10.9. The molecule has 4 nitrogen and oxygen atoms in total. The number of carbonyl (C=O) groups excluding carboxylic acids is 1. The molecule has 2 atom stereocenters. The van der Waals surface area contributed by atoms with Gasteiger partial charge in [0.15, 0.2) is 0 Å². The van der Waals surface area contributed by atoms with Gasteiger partial charge < -0.3 is 14.5 Å². The van der Waals surface area contributed by atoms with Gasteiger partial charge in [0.1, 0.15) is 0 Å². The normalized spacial score (nSPS) is 23.7. The molecule has 0 aromatic carbocycles. The fourth-order valence-electron chi connectivity index (χ4n) is 2.31. The van der Waals surface area contributed by atoms with E-state index in [0.717, 1.165) is 26.1 Å². The predicted octanol–water partition coefficient (Wildman–Crippen LogP) is 0.821. The number of likely N-dealkylation sites (N-methyl/N-ethyl adjacent to an activating group) is 2. The third-order valence-corrected chi connectivity index (χ3v) is 3.53. The Morgan fingerprint density at radius 3 is 2.75 bits per heavy atom. The number of carbonyl (C=O) groups is 1. The first kappa shape index (κ1) is 13.5. The quantitative estimate of drug-likeness (QED) is 0.652. The molecule has 0 amide bonds. The van der Waals surface area contributed by atoms with E-state index in [0.29, 0.717) is 6.04 Å². The zero-order valence-corrected chi connectivity index (χ0v) is 10.9. The van der Waals surface area contributed by atoms with Gasteiger partial charge in [-0.05, 0) is 33.5 Å². The predicted molar refractivity (Wildman–Crippen MR) is 64.3 cm³/mol. The lowest BCUT2D eigenvalue weighted by atomic mass is 10.1. The van der Waals surface area contributed by atoms with Gasteiger partial charge in [0, 0.05) is 19.1 Å². The van der Waals surface area contributed by atoms with Crippen molar-refractivity contribution in [1.29, 1.82) is 0 Å². The maximum atomic E-state index is 11.5. The lowest BCUT2D eigenvalue weighted by Gasteiger charge is -2.27. The molecule has 0 aromatic rings. The summed E-state index contributed by atoms with van der Waals surface area (Å²) in [4.78, 5) is 16.1. The molecule has 0 radical (unpaired) electrons. The summed E-state index contributed by atoms with van der Waals surface area (Å²) in [7, 11) is 5.72. The van der Waals surface area contributed by atoms with Crippen molar-refractivity contribution in [2.24, 2.45) is 5.92 Å². The second-order valence-electron chi connectivity index (χ2n) is 4.77. The van der Waals surface area contributed by atoms with Crippen LogP contribution in [0.25, 0.3) is 0 Å². The van der Waals surface area contributed by atoms with E-state index in [4.69, 9.17) is 4.74 Å². The van der Waals surface area contributed by atoms with Gasteiger partial charge in [0.2, 0.25) is 0 Å². The first-order valence-electron chi connectivity index (χ1n) is 6.05. The Labute approximate surface area is 98.5 Å². The molecule has 0 bridgehead atoms. The van der Waals surface area contributed by atoms with E-state index >= 15 is 0 Å². The van der Waals surface area contributed by atoms with E-state index < -0.39 is 0 Å². The summed E-state index contributed by atoms with van der Waals surface area (Å²) < 4.78 is 4.81. The molecule has 1 aliphatic rings.